The normalized spacial score (nSPS) is 22.5. The molecule has 0 N–H and O–H groups in total. The number of likely N-dealkylation sites (tertiary alicyclic amines) is 1. The summed E-state index contributed by atoms with van der Waals surface area (Å²) in [6.07, 6.45) is -3.57. The summed E-state index contributed by atoms with van der Waals surface area (Å²) < 4.78 is 35.4. The zero-order valence-electron chi connectivity index (χ0n) is 8.19. The first-order valence-corrected chi connectivity index (χ1v) is 5.81. The van der Waals surface area contributed by atoms with Crippen LogP contribution in [0.5, 0.6) is 0 Å². The van der Waals surface area contributed by atoms with Crippen LogP contribution in [0.3, 0.4) is 0 Å². The van der Waals surface area contributed by atoms with Gasteiger partial charge in [-0.05, 0) is 19.3 Å². The SMILES string of the molecule is O=C1C(Br)CCN1CCCCC(F)(F)F. The van der Waals surface area contributed by atoms with Gasteiger partial charge in [-0.1, -0.05) is 15.9 Å². The highest BCUT2D eigenvalue weighted by molar-refractivity contribution is 9.10. The summed E-state index contributed by atoms with van der Waals surface area (Å²) in [6.45, 7) is 1.10. The van der Waals surface area contributed by atoms with Crippen LogP contribution < -0.4 is 0 Å². The van der Waals surface area contributed by atoms with Crippen molar-refractivity contribution in [3.8, 4) is 0 Å². The largest absolute Gasteiger partial charge is 0.389 e. The van der Waals surface area contributed by atoms with E-state index in [0.717, 1.165) is 6.42 Å². The van der Waals surface area contributed by atoms with E-state index in [9.17, 15) is 18.0 Å². The molecule has 0 aromatic rings. The summed E-state index contributed by atoms with van der Waals surface area (Å²) in [5, 5.41) is 0. The van der Waals surface area contributed by atoms with Gasteiger partial charge < -0.3 is 4.90 Å². The number of carbonyl (C=O) groups excluding carboxylic acids is 1. The molecule has 0 bridgehead atoms. The molecule has 2 nitrogen and oxygen atoms in total. The smallest absolute Gasteiger partial charge is 0.342 e. The van der Waals surface area contributed by atoms with E-state index < -0.39 is 12.6 Å². The Morgan fingerprint density at radius 1 is 1.40 bits per heavy atom. The van der Waals surface area contributed by atoms with E-state index in [2.05, 4.69) is 15.9 Å². The molecule has 0 aromatic carbocycles. The molecule has 0 aliphatic carbocycles. The van der Waals surface area contributed by atoms with Gasteiger partial charge in [-0.25, -0.2) is 0 Å². The molecule has 15 heavy (non-hydrogen) atoms. The van der Waals surface area contributed by atoms with Crippen molar-refractivity contribution in [2.45, 2.75) is 36.7 Å². The van der Waals surface area contributed by atoms with Crippen LogP contribution in [0.15, 0.2) is 0 Å². The number of alkyl halides is 4. The van der Waals surface area contributed by atoms with Crippen molar-refractivity contribution in [2.24, 2.45) is 0 Å². The molecule has 1 rings (SSSR count). The van der Waals surface area contributed by atoms with Crippen LogP contribution in [0.2, 0.25) is 0 Å². The van der Waals surface area contributed by atoms with Crippen molar-refractivity contribution in [3.63, 3.8) is 0 Å². The average Bonchev–Trinajstić information content (AvgIpc) is 2.42. The van der Waals surface area contributed by atoms with Crippen LogP contribution in [-0.2, 0) is 4.79 Å². The highest BCUT2D eigenvalue weighted by atomic mass is 79.9. The number of rotatable bonds is 4. The van der Waals surface area contributed by atoms with Crippen LogP contribution >= 0.6 is 15.9 Å². The zero-order chi connectivity index (χ0) is 11.5. The molecule has 88 valence electrons. The fourth-order valence-electron chi connectivity index (χ4n) is 1.55. The van der Waals surface area contributed by atoms with Gasteiger partial charge in [-0.3, -0.25) is 4.79 Å². The number of hydrogen-bond donors (Lipinski definition) is 0. The molecular formula is C9H13BrF3NO. The van der Waals surface area contributed by atoms with E-state index in [-0.39, 0.29) is 17.2 Å². The number of amides is 1. The highest BCUT2D eigenvalue weighted by Gasteiger charge is 2.29. The van der Waals surface area contributed by atoms with Gasteiger partial charge >= 0.3 is 6.18 Å². The van der Waals surface area contributed by atoms with Crippen molar-refractivity contribution >= 4 is 21.8 Å². The van der Waals surface area contributed by atoms with E-state index in [1.807, 2.05) is 0 Å². The highest BCUT2D eigenvalue weighted by Crippen LogP contribution is 2.23. The number of carbonyl (C=O) groups is 1. The van der Waals surface area contributed by atoms with Gasteiger partial charge in [0.25, 0.3) is 0 Å². The molecule has 1 aliphatic rings. The molecule has 0 radical (unpaired) electrons. The molecule has 1 unspecified atom stereocenters. The third-order valence-corrected chi connectivity index (χ3v) is 3.22. The topological polar surface area (TPSA) is 20.3 Å². The monoisotopic (exact) mass is 287 g/mol. The van der Waals surface area contributed by atoms with E-state index in [4.69, 9.17) is 0 Å². The predicted octanol–water partition coefficient (Wildman–Crippen LogP) is 2.71. The lowest BCUT2D eigenvalue weighted by Crippen LogP contribution is -2.28. The van der Waals surface area contributed by atoms with Crippen LogP contribution in [0.1, 0.15) is 25.7 Å². The van der Waals surface area contributed by atoms with Gasteiger partial charge in [0.05, 0.1) is 4.83 Å². The first kappa shape index (κ1) is 12.8. The Kier molecular flexibility index (Phi) is 4.43. The summed E-state index contributed by atoms with van der Waals surface area (Å²) in [4.78, 5) is 12.8. The molecule has 1 aliphatic heterocycles. The third kappa shape index (κ3) is 4.40. The number of unbranched alkanes of at least 4 members (excludes halogenated alkanes) is 1. The number of halogens is 4. The first-order valence-electron chi connectivity index (χ1n) is 4.90. The van der Waals surface area contributed by atoms with Gasteiger partial charge in [0.1, 0.15) is 0 Å². The predicted molar refractivity (Wildman–Crippen MR) is 53.8 cm³/mol. The minimum absolute atomic E-state index is 0.00186. The third-order valence-electron chi connectivity index (χ3n) is 2.37. The van der Waals surface area contributed by atoms with Crippen LogP contribution in [0.25, 0.3) is 0 Å². The van der Waals surface area contributed by atoms with E-state index in [0.29, 0.717) is 19.5 Å². The Morgan fingerprint density at radius 2 is 2.07 bits per heavy atom. The maximum Gasteiger partial charge on any atom is 0.389 e. The summed E-state index contributed by atoms with van der Waals surface area (Å²) >= 11 is 3.21. The van der Waals surface area contributed by atoms with Crippen molar-refractivity contribution in [2.75, 3.05) is 13.1 Å². The summed E-state index contributed by atoms with van der Waals surface area (Å²) in [5.74, 6) is 0.00186. The first-order chi connectivity index (χ1) is 6.90. The quantitative estimate of drug-likeness (QED) is 0.575. The van der Waals surface area contributed by atoms with Crippen molar-refractivity contribution < 1.29 is 18.0 Å². The van der Waals surface area contributed by atoms with Crippen LogP contribution in [0, 0.1) is 0 Å². The molecule has 1 fully saturated rings. The van der Waals surface area contributed by atoms with E-state index in [1.165, 1.54) is 0 Å². The van der Waals surface area contributed by atoms with Gasteiger partial charge in [0.15, 0.2) is 0 Å². The van der Waals surface area contributed by atoms with E-state index in [1.54, 1.807) is 4.90 Å². The van der Waals surface area contributed by atoms with Gasteiger partial charge in [-0.2, -0.15) is 13.2 Å². The van der Waals surface area contributed by atoms with Gasteiger partial charge in [-0.15, -0.1) is 0 Å². The molecule has 0 saturated carbocycles. The maximum absolute atomic E-state index is 11.8. The minimum atomic E-state index is -4.08. The summed E-state index contributed by atoms with van der Waals surface area (Å²) in [6, 6.07) is 0. The molecule has 0 aromatic heterocycles. The maximum atomic E-state index is 11.8. The second-order valence-electron chi connectivity index (χ2n) is 3.65. The standard InChI is InChI=1S/C9H13BrF3NO/c10-7-3-6-14(8(7)15)5-2-1-4-9(11,12)13/h7H,1-6H2. The average molecular weight is 288 g/mol. The van der Waals surface area contributed by atoms with Gasteiger partial charge in [0.2, 0.25) is 5.91 Å². The van der Waals surface area contributed by atoms with Crippen molar-refractivity contribution in [1.29, 1.82) is 0 Å². The van der Waals surface area contributed by atoms with Crippen LogP contribution in [0.4, 0.5) is 13.2 Å². The zero-order valence-corrected chi connectivity index (χ0v) is 9.77. The Labute approximate surface area is 94.9 Å². The fourth-order valence-corrected chi connectivity index (χ4v) is 2.05. The molecule has 1 saturated heterocycles. The van der Waals surface area contributed by atoms with Crippen LogP contribution in [-0.4, -0.2) is 34.9 Å². The second kappa shape index (κ2) is 5.18. The minimum Gasteiger partial charge on any atom is -0.342 e. The Balaban J connectivity index is 2.14. The van der Waals surface area contributed by atoms with Gasteiger partial charge in [0, 0.05) is 19.5 Å². The number of nitrogens with zero attached hydrogens (tertiary/aromatic N) is 1. The lowest BCUT2D eigenvalue weighted by molar-refractivity contribution is -0.135. The Hall–Kier alpha value is -0.260. The lowest BCUT2D eigenvalue weighted by atomic mass is 10.2. The molecule has 1 atom stereocenters. The Morgan fingerprint density at radius 3 is 2.53 bits per heavy atom. The summed E-state index contributed by atoms with van der Waals surface area (Å²) in [5.41, 5.74) is 0. The summed E-state index contributed by atoms with van der Waals surface area (Å²) in [7, 11) is 0. The molecule has 0 spiro atoms. The lowest BCUT2D eigenvalue weighted by Gasteiger charge is -2.15. The van der Waals surface area contributed by atoms with Crippen molar-refractivity contribution in [3.05, 3.63) is 0 Å². The van der Waals surface area contributed by atoms with Crippen molar-refractivity contribution in [1.82, 2.24) is 4.90 Å². The molecule has 6 heteroatoms. The molecular weight excluding hydrogens is 275 g/mol. The fraction of sp³-hybridized carbons (Fsp3) is 0.889. The number of hydrogen-bond acceptors (Lipinski definition) is 1. The molecule has 1 heterocycles. The second-order valence-corrected chi connectivity index (χ2v) is 4.76. The van der Waals surface area contributed by atoms with E-state index >= 15 is 0 Å². The molecule has 1 amide bonds. The Bertz CT molecular complexity index is 232.